The fourth-order valence-electron chi connectivity index (χ4n) is 7.37. The van der Waals surface area contributed by atoms with E-state index in [1.807, 2.05) is 0 Å². The number of hydrogen-bond acceptors (Lipinski definition) is 6. The smallest absolute Gasteiger partial charge is 0.302 e. The van der Waals surface area contributed by atoms with Crippen LogP contribution in [0.2, 0.25) is 0 Å². The average Bonchev–Trinajstić information content (AvgIpc) is 3.16. The number of carbonyl (C=O) groups excluding carboxylic acids is 2. The summed E-state index contributed by atoms with van der Waals surface area (Å²) in [6.45, 7) is 7.48. The monoisotopic (exact) mass is 418 g/mol. The second kappa shape index (κ2) is 7.70. The predicted molar refractivity (Wildman–Crippen MR) is 110 cm³/mol. The van der Waals surface area contributed by atoms with Crippen molar-refractivity contribution in [1.82, 2.24) is 0 Å². The maximum Gasteiger partial charge on any atom is 0.302 e. The van der Waals surface area contributed by atoms with Gasteiger partial charge in [-0.1, -0.05) is 20.3 Å². The van der Waals surface area contributed by atoms with Gasteiger partial charge in [-0.05, 0) is 54.1 Å². The van der Waals surface area contributed by atoms with E-state index in [1.165, 1.54) is 19.4 Å². The van der Waals surface area contributed by atoms with Gasteiger partial charge in [0.25, 0.3) is 0 Å². The first-order chi connectivity index (χ1) is 14.2. The van der Waals surface area contributed by atoms with Crippen LogP contribution in [-0.4, -0.2) is 36.4 Å². The second-order valence-electron chi connectivity index (χ2n) is 10.1. The molecule has 0 saturated heterocycles. The van der Waals surface area contributed by atoms with Gasteiger partial charge in [0.15, 0.2) is 0 Å². The van der Waals surface area contributed by atoms with Crippen molar-refractivity contribution in [2.45, 2.75) is 71.8 Å². The van der Waals surface area contributed by atoms with Crippen LogP contribution in [0, 0.1) is 28.6 Å². The Labute approximate surface area is 178 Å². The van der Waals surface area contributed by atoms with Gasteiger partial charge in [-0.2, -0.15) is 0 Å². The van der Waals surface area contributed by atoms with Gasteiger partial charge in [0, 0.05) is 31.6 Å². The molecule has 1 N–H and O–H groups in total. The number of ether oxygens (including phenoxy) is 2. The van der Waals surface area contributed by atoms with E-state index < -0.39 is 5.41 Å². The van der Waals surface area contributed by atoms with Crippen molar-refractivity contribution in [2.24, 2.45) is 28.6 Å². The molecule has 1 aromatic heterocycles. The molecule has 166 valence electrons. The summed E-state index contributed by atoms with van der Waals surface area (Å²) in [6.07, 6.45) is 5.82. The van der Waals surface area contributed by atoms with Crippen LogP contribution in [-0.2, 0) is 25.5 Å². The summed E-state index contributed by atoms with van der Waals surface area (Å²) in [5, 5.41) is 10.6. The van der Waals surface area contributed by atoms with Crippen molar-refractivity contribution >= 4 is 11.9 Å². The maximum absolute atomic E-state index is 12.1. The van der Waals surface area contributed by atoms with Crippen LogP contribution in [0.25, 0.3) is 0 Å². The Morgan fingerprint density at radius 1 is 1.27 bits per heavy atom. The highest BCUT2D eigenvalue weighted by atomic mass is 16.5. The van der Waals surface area contributed by atoms with Crippen molar-refractivity contribution in [3.05, 3.63) is 23.7 Å². The highest BCUT2D eigenvalue weighted by Crippen LogP contribution is 2.65. The molecule has 0 bridgehead atoms. The van der Waals surface area contributed by atoms with Crippen LogP contribution < -0.4 is 0 Å². The SMILES string of the molecule is CC(=O)OC[C@@]1(CO)CCC[C@]2(C)[C@H]3Cc4occc4[C@H](C)[C@@H]3C[C@@H](OC(C)=O)[C@@H]12. The molecule has 6 heteroatoms. The van der Waals surface area contributed by atoms with Gasteiger partial charge in [-0.3, -0.25) is 9.59 Å². The van der Waals surface area contributed by atoms with E-state index in [0.29, 0.717) is 17.8 Å². The molecule has 0 spiro atoms. The molecule has 6 nitrogen and oxygen atoms in total. The largest absolute Gasteiger partial charge is 0.469 e. The second-order valence-corrected chi connectivity index (χ2v) is 10.1. The van der Waals surface area contributed by atoms with E-state index in [2.05, 4.69) is 19.9 Å². The highest BCUT2D eigenvalue weighted by Gasteiger charge is 2.64. The Morgan fingerprint density at radius 3 is 2.70 bits per heavy atom. The summed E-state index contributed by atoms with van der Waals surface area (Å²) in [4.78, 5) is 23.7. The fourth-order valence-corrected chi connectivity index (χ4v) is 7.37. The van der Waals surface area contributed by atoms with Crippen molar-refractivity contribution in [1.29, 1.82) is 0 Å². The van der Waals surface area contributed by atoms with Crippen LogP contribution in [0.1, 0.15) is 70.6 Å². The maximum atomic E-state index is 12.1. The van der Waals surface area contributed by atoms with Gasteiger partial charge in [-0.25, -0.2) is 0 Å². The van der Waals surface area contributed by atoms with Crippen LogP contribution in [0.4, 0.5) is 0 Å². The summed E-state index contributed by atoms with van der Waals surface area (Å²) in [5.74, 6) is 1.42. The van der Waals surface area contributed by atoms with Gasteiger partial charge < -0.3 is 19.0 Å². The molecule has 0 radical (unpaired) electrons. The Kier molecular flexibility index (Phi) is 5.50. The topological polar surface area (TPSA) is 86.0 Å². The van der Waals surface area contributed by atoms with Crippen molar-refractivity contribution in [2.75, 3.05) is 13.2 Å². The summed E-state index contributed by atoms with van der Waals surface area (Å²) in [5.41, 5.74) is 0.517. The van der Waals surface area contributed by atoms with Crippen LogP contribution in [0.15, 0.2) is 16.7 Å². The molecular formula is C24H34O6. The zero-order valence-corrected chi connectivity index (χ0v) is 18.5. The lowest BCUT2D eigenvalue weighted by Crippen LogP contribution is -2.63. The summed E-state index contributed by atoms with van der Waals surface area (Å²) < 4.78 is 17.3. The van der Waals surface area contributed by atoms with E-state index >= 15 is 0 Å². The molecular weight excluding hydrogens is 384 g/mol. The molecule has 7 atom stereocenters. The number of carbonyl (C=O) groups is 2. The summed E-state index contributed by atoms with van der Waals surface area (Å²) >= 11 is 0. The lowest BCUT2D eigenvalue weighted by molar-refractivity contribution is -0.215. The summed E-state index contributed by atoms with van der Waals surface area (Å²) in [7, 11) is 0. The fraction of sp³-hybridized carbons (Fsp3) is 0.750. The minimum Gasteiger partial charge on any atom is -0.469 e. The first kappa shape index (κ1) is 21.4. The van der Waals surface area contributed by atoms with E-state index in [0.717, 1.165) is 37.9 Å². The average molecular weight is 419 g/mol. The Bertz CT molecular complexity index is 814. The van der Waals surface area contributed by atoms with E-state index in [4.69, 9.17) is 13.9 Å². The molecule has 0 amide bonds. The molecule has 4 rings (SSSR count). The van der Waals surface area contributed by atoms with E-state index in [-0.39, 0.29) is 42.6 Å². The van der Waals surface area contributed by atoms with E-state index in [9.17, 15) is 14.7 Å². The minimum atomic E-state index is -0.601. The molecule has 0 aromatic carbocycles. The molecule has 2 fully saturated rings. The molecule has 0 aliphatic heterocycles. The number of rotatable bonds is 4. The van der Waals surface area contributed by atoms with Gasteiger partial charge >= 0.3 is 11.9 Å². The van der Waals surface area contributed by atoms with Crippen LogP contribution in [0.5, 0.6) is 0 Å². The molecule has 3 aliphatic carbocycles. The molecule has 3 aliphatic rings. The normalized spacial score (nSPS) is 40.0. The van der Waals surface area contributed by atoms with Crippen LogP contribution >= 0.6 is 0 Å². The van der Waals surface area contributed by atoms with Crippen molar-refractivity contribution in [3.8, 4) is 0 Å². The number of aliphatic hydroxyl groups is 1. The van der Waals surface area contributed by atoms with Gasteiger partial charge in [0.2, 0.25) is 0 Å². The molecule has 30 heavy (non-hydrogen) atoms. The predicted octanol–water partition coefficient (Wildman–Crippen LogP) is 3.86. The Hall–Kier alpha value is -1.82. The highest BCUT2D eigenvalue weighted by molar-refractivity contribution is 5.66. The number of fused-ring (bicyclic) bond motifs is 4. The zero-order chi connectivity index (χ0) is 21.7. The number of esters is 2. The Morgan fingerprint density at radius 2 is 2.03 bits per heavy atom. The first-order valence-electron chi connectivity index (χ1n) is 11.2. The van der Waals surface area contributed by atoms with Crippen LogP contribution in [0.3, 0.4) is 0 Å². The Balaban J connectivity index is 1.78. The number of aliphatic hydroxyl groups excluding tert-OH is 1. The minimum absolute atomic E-state index is 0.0723. The van der Waals surface area contributed by atoms with E-state index in [1.54, 1.807) is 6.26 Å². The number of hydrogen-bond donors (Lipinski definition) is 1. The first-order valence-corrected chi connectivity index (χ1v) is 11.2. The third-order valence-corrected chi connectivity index (χ3v) is 8.51. The standard InChI is InChI=1S/C24H34O6/c1-14-17-6-9-28-20(17)11-19-18(14)10-21(30-16(3)27)22-23(19,4)7-5-8-24(22,12-25)13-29-15(2)26/h6,9,14,18-19,21-22,25H,5,7-8,10-13H2,1-4H3/t14-,18-,19-,21+,22+,23+,24-/m0/s1. The van der Waals surface area contributed by atoms with Gasteiger partial charge in [0.05, 0.1) is 19.5 Å². The quantitative estimate of drug-likeness (QED) is 0.748. The summed E-state index contributed by atoms with van der Waals surface area (Å²) in [6, 6.07) is 2.07. The molecule has 1 aromatic rings. The third-order valence-electron chi connectivity index (χ3n) is 8.51. The number of furan rings is 1. The lowest BCUT2D eigenvalue weighted by Gasteiger charge is -2.63. The van der Waals surface area contributed by atoms with Gasteiger partial charge in [0.1, 0.15) is 11.9 Å². The molecule has 0 unspecified atom stereocenters. The lowest BCUT2D eigenvalue weighted by atomic mass is 9.42. The van der Waals surface area contributed by atoms with Crippen molar-refractivity contribution < 1.29 is 28.6 Å². The van der Waals surface area contributed by atoms with Crippen molar-refractivity contribution in [3.63, 3.8) is 0 Å². The third kappa shape index (κ3) is 3.28. The molecule has 2 saturated carbocycles. The molecule has 1 heterocycles. The zero-order valence-electron chi connectivity index (χ0n) is 18.5. The van der Waals surface area contributed by atoms with Gasteiger partial charge in [-0.15, -0.1) is 0 Å².